The summed E-state index contributed by atoms with van der Waals surface area (Å²) in [6.07, 6.45) is 0. The van der Waals surface area contributed by atoms with Gasteiger partial charge in [0.25, 0.3) is 0 Å². The molecule has 25 heavy (non-hydrogen) atoms. The summed E-state index contributed by atoms with van der Waals surface area (Å²) in [6, 6.07) is 15.7. The summed E-state index contributed by atoms with van der Waals surface area (Å²) >= 11 is 7.68. The number of nitrogens with one attached hydrogen (secondary N) is 1. The molecule has 2 aromatic carbocycles. The minimum absolute atomic E-state index is 0.00354. The minimum atomic E-state index is -0.00354. The highest BCUT2D eigenvalue weighted by atomic mass is 35.5. The number of nitrogens with zero attached hydrogens (tertiary/aromatic N) is 1. The smallest absolute Gasteiger partial charge is 0.234 e. The Labute approximate surface area is 157 Å². The van der Waals surface area contributed by atoms with Crippen molar-refractivity contribution in [2.75, 3.05) is 42.3 Å². The summed E-state index contributed by atoms with van der Waals surface area (Å²) in [4.78, 5) is 14.4. The molecule has 2 aromatic rings. The molecule has 132 valence electrons. The van der Waals surface area contributed by atoms with Crippen LogP contribution in [0.25, 0.3) is 0 Å². The second kappa shape index (κ2) is 9.13. The van der Waals surface area contributed by atoms with Gasteiger partial charge in [0.2, 0.25) is 5.91 Å². The number of amides is 1. The quantitative estimate of drug-likeness (QED) is 0.825. The molecule has 0 unspecified atom stereocenters. The van der Waals surface area contributed by atoms with Crippen LogP contribution in [0.3, 0.4) is 0 Å². The largest absolute Gasteiger partial charge is 0.378 e. The highest BCUT2D eigenvalue weighted by molar-refractivity contribution is 7.99. The van der Waals surface area contributed by atoms with E-state index in [2.05, 4.69) is 10.2 Å². The van der Waals surface area contributed by atoms with Gasteiger partial charge in [0, 0.05) is 35.2 Å². The van der Waals surface area contributed by atoms with Gasteiger partial charge in [0.15, 0.2) is 0 Å². The van der Waals surface area contributed by atoms with Gasteiger partial charge in [-0.3, -0.25) is 4.79 Å². The van der Waals surface area contributed by atoms with Crippen LogP contribution in [0.5, 0.6) is 0 Å². The summed E-state index contributed by atoms with van der Waals surface area (Å²) in [5, 5.41) is 3.68. The van der Waals surface area contributed by atoms with Gasteiger partial charge in [-0.2, -0.15) is 0 Å². The van der Waals surface area contributed by atoms with Crippen LogP contribution in [0, 0.1) is 0 Å². The number of morpholine rings is 1. The number of hydrogen-bond acceptors (Lipinski definition) is 4. The van der Waals surface area contributed by atoms with Gasteiger partial charge < -0.3 is 15.0 Å². The highest BCUT2D eigenvalue weighted by Gasteiger charge is 2.11. The Morgan fingerprint density at radius 1 is 1.12 bits per heavy atom. The molecule has 1 fully saturated rings. The van der Waals surface area contributed by atoms with Gasteiger partial charge in [0.05, 0.1) is 19.0 Å². The average molecular weight is 377 g/mol. The summed E-state index contributed by atoms with van der Waals surface area (Å²) in [6.45, 7) is 3.34. The Morgan fingerprint density at radius 2 is 1.84 bits per heavy atom. The van der Waals surface area contributed by atoms with E-state index in [4.69, 9.17) is 16.3 Å². The van der Waals surface area contributed by atoms with Crippen LogP contribution < -0.4 is 10.2 Å². The SMILES string of the molecule is O=C(CSCc1ccccc1Cl)Nc1ccc(N2CCOCC2)cc1. The van der Waals surface area contributed by atoms with Gasteiger partial charge in [-0.15, -0.1) is 11.8 Å². The Kier molecular flexibility index (Phi) is 6.62. The van der Waals surface area contributed by atoms with Crippen LogP contribution in [0.2, 0.25) is 5.02 Å². The predicted octanol–water partition coefficient (Wildman–Crippen LogP) is 4.05. The molecule has 6 heteroatoms. The third kappa shape index (κ3) is 5.39. The maximum absolute atomic E-state index is 12.1. The second-order valence-corrected chi connectivity index (χ2v) is 7.17. The van der Waals surface area contributed by atoms with Crippen LogP contribution >= 0.6 is 23.4 Å². The number of benzene rings is 2. The molecule has 0 spiro atoms. The van der Waals surface area contributed by atoms with Gasteiger partial charge >= 0.3 is 0 Å². The predicted molar refractivity (Wildman–Crippen MR) is 106 cm³/mol. The van der Waals surface area contributed by atoms with Crippen molar-refractivity contribution in [2.24, 2.45) is 0 Å². The average Bonchev–Trinajstić information content (AvgIpc) is 2.65. The lowest BCUT2D eigenvalue weighted by Crippen LogP contribution is -2.36. The zero-order valence-electron chi connectivity index (χ0n) is 13.9. The molecule has 0 radical (unpaired) electrons. The fourth-order valence-electron chi connectivity index (χ4n) is 2.64. The molecule has 1 N–H and O–H groups in total. The topological polar surface area (TPSA) is 41.6 Å². The van der Waals surface area contributed by atoms with E-state index in [1.165, 1.54) is 0 Å². The van der Waals surface area contributed by atoms with Crippen molar-refractivity contribution in [3.05, 3.63) is 59.1 Å². The molecule has 0 bridgehead atoms. The van der Waals surface area contributed by atoms with E-state index in [0.717, 1.165) is 54.0 Å². The first kappa shape index (κ1) is 18.1. The van der Waals surface area contributed by atoms with Crippen LogP contribution in [-0.4, -0.2) is 38.0 Å². The zero-order valence-corrected chi connectivity index (χ0v) is 15.5. The van der Waals surface area contributed by atoms with Crippen LogP contribution in [-0.2, 0) is 15.3 Å². The van der Waals surface area contributed by atoms with Crippen molar-refractivity contribution in [2.45, 2.75) is 5.75 Å². The van der Waals surface area contributed by atoms with E-state index >= 15 is 0 Å². The van der Waals surface area contributed by atoms with Crippen molar-refractivity contribution in [3.63, 3.8) is 0 Å². The highest BCUT2D eigenvalue weighted by Crippen LogP contribution is 2.22. The lowest BCUT2D eigenvalue weighted by Gasteiger charge is -2.28. The molecule has 1 aliphatic heterocycles. The number of halogens is 1. The lowest BCUT2D eigenvalue weighted by molar-refractivity contribution is -0.113. The number of carbonyl (C=O) groups is 1. The first-order chi connectivity index (χ1) is 12.2. The fourth-order valence-corrected chi connectivity index (χ4v) is 3.76. The van der Waals surface area contributed by atoms with E-state index in [0.29, 0.717) is 5.75 Å². The van der Waals surface area contributed by atoms with E-state index in [1.54, 1.807) is 11.8 Å². The number of thioether (sulfide) groups is 1. The molecular weight excluding hydrogens is 356 g/mol. The zero-order chi connectivity index (χ0) is 17.5. The molecule has 4 nitrogen and oxygen atoms in total. The maximum atomic E-state index is 12.1. The minimum Gasteiger partial charge on any atom is -0.378 e. The molecule has 1 heterocycles. The first-order valence-corrected chi connectivity index (χ1v) is 9.79. The van der Waals surface area contributed by atoms with Crippen molar-refractivity contribution in [3.8, 4) is 0 Å². The lowest BCUT2D eigenvalue weighted by atomic mass is 10.2. The summed E-state index contributed by atoms with van der Waals surface area (Å²) < 4.78 is 5.37. The summed E-state index contributed by atoms with van der Waals surface area (Å²) in [5.41, 5.74) is 3.03. The van der Waals surface area contributed by atoms with Gasteiger partial charge in [-0.05, 0) is 35.9 Å². The summed E-state index contributed by atoms with van der Waals surface area (Å²) in [5.74, 6) is 1.12. The number of carbonyl (C=O) groups excluding carboxylic acids is 1. The molecule has 1 aliphatic rings. The standard InChI is InChI=1S/C19H21ClN2O2S/c20-18-4-2-1-3-15(18)13-25-14-19(23)21-16-5-7-17(8-6-16)22-9-11-24-12-10-22/h1-8H,9-14H2,(H,21,23). The first-order valence-electron chi connectivity index (χ1n) is 8.26. The maximum Gasteiger partial charge on any atom is 0.234 e. The van der Waals surface area contributed by atoms with Gasteiger partial charge in [0.1, 0.15) is 0 Å². The third-order valence-corrected chi connectivity index (χ3v) is 5.33. The van der Waals surface area contributed by atoms with E-state index < -0.39 is 0 Å². The van der Waals surface area contributed by atoms with E-state index in [9.17, 15) is 4.79 Å². The molecule has 1 amide bonds. The Balaban J connectivity index is 1.45. The second-order valence-electron chi connectivity index (χ2n) is 5.78. The molecule has 0 saturated carbocycles. The Bertz CT molecular complexity index is 703. The number of hydrogen-bond donors (Lipinski definition) is 1. The van der Waals surface area contributed by atoms with Crippen molar-refractivity contribution in [1.29, 1.82) is 0 Å². The number of ether oxygens (including phenoxy) is 1. The molecular formula is C19H21ClN2O2S. The molecule has 0 aliphatic carbocycles. The van der Waals surface area contributed by atoms with Gasteiger partial charge in [-0.25, -0.2) is 0 Å². The summed E-state index contributed by atoms with van der Waals surface area (Å²) in [7, 11) is 0. The molecule has 0 aromatic heterocycles. The van der Waals surface area contributed by atoms with Crippen molar-refractivity contribution >= 4 is 40.6 Å². The van der Waals surface area contributed by atoms with Crippen LogP contribution in [0.15, 0.2) is 48.5 Å². The normalized spacial score (nSPS) is 14.4. The Morgan fingerprint density at radius 3 is 2.56 bits per heavy atom. The van der Waals surface area contributed by atoms with E-state index in [1.807, 2.05) is 48.5 Å². The number of rotatable bonds is 6. The van der Waals surface area contributed by atoms with Gasteiger partial charge in [-0.1, -0.05) is 29.8 Å². The third-order valence-electron chi connectivity index (χ3n) is 3.98. The van der Waals surface area contributed by atoms with Crippen molar-refractivity contribution < 1.29 is 9.53 Å². The molecule has 3 rings (SSSR count). The Hall–Kier alpha value is -1.69. The molecule has 1 saturated heterocycles. The number of anilines is 2. The molecule has 0 atom stereocenters. The van der Waals surface area contributed by atoms with Crippen LogP contribution in [0.4, 0.5) is 11.4 Å². The van der Waals surface area contributed by atoms with Crippen molar-refractivity contribution in [1.82, 2.24) is 0 Å². The van der Waals surface area contributed by atoms with Crippen LogP contribution in [0.1, 0.15) is 5.56 Å². The fraction of sp³-hybridized carbons (Fsp3) is 0.316. The van der Waals surface area contributed by atoms with E-state index in [-0.39, 0.29) is 5.91 Å². The monoisotopic (exact) mass is 376 g/mol.